The van der Waals surface area contributed by atoms with Crippen LogP contribution in [0.2, 0.25) is 0 Å². The molecule has 0 N–H and O–H groups in total. The molecule has 4 nitrogen and oxygen atoms in total. The van der Waals surface area contributed by atoms with Crippen LogP contribution in [0.1, 0.15) is 226 Å². The van der Waals surface area contributed by atoms with Crippen LogP contribution in [0.3, 0.4) is 0 Å². The molecule has 0 fully saturated rings. The molecule has 0 aliphatic heterocycles. The highest BCUT2D eigenvalue weighted by molar-refractivity contribution is 5.96. The SMILES string of the molecule is CCCCCCCCCCCCCCCCCCOC1=CCC(=[N+]=[N-])C(OCCCCCCCCCCCCCCCCCC)=C1. The molecule has 1 rings (SSSR count). The van der Waals surface area contributed by atoms with Gasteiger partial charge in [0.1, 0.15) is 5.76 Å². The van der Waals surface area contributed by atoms with Crippen molar-refractivity contribution in [2.45, 2.75) is 226 Å². The van der Waals surface area contributed by atoms with Crippen molar-refractivity contribution in [3.8, 4) is 0 Å². The first-order valence-electron chi connectivity index (χ1n) is 20.7. The van der Waals surface area contributed by atoms with Gasteiger partial charge in [0.05, 0.1) is 19.6 Å². The third-order valence-electron chi connectivity index (χ3n) is 9.70. The molecule has 0 bridgehead atoms. The second-order valence-electron chi connectivity index (χ2n) is 14.2. The summed E-state index contributed by atoms with van der Waals surface area (Å²) in [4.78, 5) is 3.46. The number of rotatable bonds is 36. The molecule has 0 saturated heterocycles. The summed E-state index contributed by atoms with van der Waals surface area (Å²) in [6.07, 6.45) is 48.4. The lowest BCUT2D eigenvalue weighted by atomic mass is 10.0. The van der Waals surface area contributed by atoms with Crippen molar-refractivity contribution < 1.29 is 14.3 Å². The second-order valence-corrected chi connectivity index (χ2v) is 14.2. The van der Waals surface area contributed by atoms with Crippen molar-refractivity contribution in [2.24, 2.45) is 0 Å². The van der Waals surface area contributed by atoms with Gasteiger partial charge in [0, 0.05) is 6.08 Å². The Morgan fingerprint density at radius 1 is 0.457 bits per heavy atom. The highest BCUT2D eigenvalue weighted by Gasteiger charge is 2.21. The van der Waals surface area contributed by atoms with Gasteiger partial charge in [-0.05, 0) is 18.9 Å². The molecule has 1 aliphatic rings. The van der Waals surface area contributed by atoms with E-state index in [1.807, 2.05) is 12.2 Å². The molecule has 0 aromatic heterocycles. The number of allylic oxidation sites excluding steroid dienone is 3. The molecule has 0 atom stereocenters. The standard InChI is InChI=1S/C42H78N2O2/c1-3-5-7-9-11-13-15-17-19-21-23-25-27-29-31-33-37-45-40-35-36-41(44-43)42(39-40)46-38-34-32-30-28-26-24-22-20-18-16-14-12-10-8-6-4-2/h35,39H,3-34,36-38H2,1-2H3. The normalized spacial score (nSPS) is 13.0. The van der Waals surface area contributed by atoms with E-state index < -0.39 is 0 Å². The van der Waals surface area contributed by atoms with E-state index in [-0.39, 0.29) is 0 Å². The first kappa shape index (κ1) is 42.5. The van der Waals surface area contributed by atoms with Crippen molar-refractivity contribution in [3.63, 3.8) is 0 Å². The van der Waals surface area contributed by atoms with E-state index in [4.69, 9.17) is 9.47 Å². The summed E-state index contributed by atoms with van der Waals surface area (Å²) in [6, 6.07) is 0. The summed E-state index contributed by atoms with van der Waals surface area (Å²) in [5.41, 5.74) is 10.0. The predicted molar refractivity (Wildman–Crippen MR) is 200 cm³/mol. The molecular weight excluding hydrogens is 564 g/mol. The average molecular weight is 643 g/mol. The number of hydrogen-bond donors (Lipinski definition) is 0. The molecule has 268 valence electrons. The highest BCUT2D eigenvalue weighted by Crippen LogP contribution is 2.19. The molecule has 0 aromatic rings. The fourth-order valence-electron chi connectivity index (χ4n) is 6.56. The summed E-state index contributed by atoms with van der Waals surface area (Å²) >= 11 is 0. The van der Waals surface area contributed by atoms with Crippen molar-refractivity contribution in [2.75, 3.05) is 13.2 Å². The number of nitrogens with zero attached hydrogens (tertiary/aromatic N) is 2. The van der Waals surface area contributed by atoms with Crippen LogP contribution in [-0.2, 0) is 9.47 Å². The Hall–Kier alpha value is -1.54. The summed E-state index contributed by atoms with van der Waals surface area (Å²) in [5, 5.41) is 0. The topological polar surface area (TPSA) is 54.9 Å². The second kappa shape index (κ2) is 34.8. The zero-order valence-electron chi connectivity index (χ0n) is 31.1. The predicted octanol–water partition coefficient (Wildman–Crippen LogP) is 14.4. The quantitative estimate of drug-likeness (QED) is 0.0388. The molecule has 0 spiro atoms. The van der Waals surface area contributed by atoms with E-state index in [0.717, 1.165) is 25.2 Å². The first-order valence-corrected chi connectivity index (χ1v) is 20.7. The smallest absolute Gasteiger partial charge is 0.337 e. The van der Waals surface area contributed by atoms with E-state index in [1.165, 1.54) is 193 Å². The van der Waals surface area contributed by atoms with Gasteiger partial charge in [0.15, 0.2) is 0 Å². The summed E-state index contributed by atoms with van der Waals surface area (Å²) in [5.74, 6) is 1.53. The molecule has 0 radical (unpaired) electrons. The summed E-state index contributed by atoms with van der Waals surface area (Å²) < 4.78 is 12.1. The maximum absolute atomic E-state index is 9.42. The molecule has 1 aliphatic carbocycles. The minimum absolute atomic E-state index is 0.565. The molecular formula is C42H78N2O2. The van der Waals surface area contributed by atoms with E-state index in [9.17, 15) is 5.53 Å². The Kier molecular flexibility index (Phi) is 32.1. The van der Waals surface area contributed by atoms with Crippen LogP contribution in [-0.4, -0.2) is 23.7 Å². The first-order chi connectivity index (χ1) is 22.8. The molecule has 4 heteroatoms. The van der Waals surface area contributed by atoms with Crippen molar-refractivity contribution >= 4 is 5.71 Å². The van der Waals surface area contributed by atoms with Crippen LogP contribution in [0.4, 0.5) is 0 Å². The van der Waals surface area contributed by atoms with Crippen LogP contribution in [0.15, 0.2) is 23.7 Å². The Morgan fingerprint density at radius 3 is 1.09 bits per heavy atom. The van der Waals surface area contributed by atoms with Gasteiger partial charge in [-0.1, -0.05) is 206 Å². The third kappa shape index (κ3) is 27.6. The Morgan fingerprint density at radius 2 is 0.761 bits per heavy atom. The molecule has 0 saturated carbocycles. The Balaban J connectivity index is 1.93. The third-order valence-corrected chi connectivity index (χ3v) is 9.70. The monoisotopic (exact) mass is 643 g/mol. The summed E-state index contributed by atoms with van der Waals surface area (Å²) in [6.45, 7) is 6.01. The minimum atomic E-state index is 0.565. The van der Waals surface area contributed by atoms with E-state index in [1.54, 1.807) is 0 Å². The maximum Gasteiger partial charge on any atom is 0.337 e. The highest BCUT2D eigenvalue weighted by atomic mass is 16.5. The van der Waals surface area contributed by atoms with E-state index >= 15 is 0 Å². The zero-order chi connectivity index (χ0) is 33.0. The minimum Gasteiger partial charge on any atom is -0.494 e. The molecule has 0 heterocycles. The lowest BCUT2D eigenvalue weighted by molar-refractivity contribution is -0.0125. The number of unbranched alkanes of at least 4 members (excludes halogenated alkanes) is 30. The van der Waals surface area contributed by atoms with Gasteiger partial charge >= 0.3 is 5.71 Å². The molecule has 0 unspecified atom stereocenters. The Labute approximate surface area is 287 Å². The molecule has 46 heavy (non-hydrogen) atoms. The van der Waals surface area contributed by atoms with Gasteiger partial charge in [0.2, 0.25) is 5.76 Å². The van der Waals surface area contributed by atoms with Gasteiger partial charge in [-0.3, -0.25) is 0 Å². The van der Waals surface area contributed by atoms with Crippen molar-refractivity contribution in [1.82, 2.24) is 0 Å². The van der Waals surface area contributed by atoms with E-state index in [2.05, 4.69) is 18.6 Å². The summed E-state index contributed by atoms with van der Waals surface area (Å²) in [7, 11) is 0. The fourth-order valence-corrected chi connectivity index (χ4v) is 6.56. The number of hydrogen-bond acceptors (Lipinski definition) is 2. The fraction of sp³-hybridized carbons (Fsp3) is 0.881. The van der Waals surface area contributed by atoms with Crippen LogP contribution in [0, 0.1) is 0 Å². The zero-order valence-corrected chi connectivity index (χ0v) is 31.1. The molecule has 0 amide bonds. The van der Waals surface area contributed by atoms with Gasteiger partial charge < -0.3 is 15.0 Å². The van der Waals surface area contributed by atoms with Crippen molar-refractivity contribution in [3.05, 3.63) is 29.2 Å². The lowest BCUT2D eigenvalue weighted by Gasteiger charge is -2.13. The van der Waals surface area contributed by atoms with Gasteiger partial charge in [-0.25, -0.2) is 0 Å². The van der Waals surface area contributed by atoms with Crippen LogP contribution in [0.25, 0.3) is 5.53 Å². The Bertz CT molecular complexity index is 768. The van der Waals surface area contributed by atoms with E-state index in [0.29, 0.717) is 24.5 Å². The van der Waals surface area contributed by atoms with Crippen LogP contribution >= 0.6 is 0 Å². The average Bonchev–Trinajstić information content (AvgIpc) is 3.07. The van der Waals surface area contributed by atoms with Crippen molar-refractivity contribution in [1.29, 1.82) is 0 Å². The molecule has 0 aromatic carbocycles. The van der Waals surface area contributed by atoms with Crippen LogP contribution < -0.4 is 0 Å². The largest absolute Gasteiger partial charge is 0.494 e. The van der Waals surface area contributed by atoms with Gasteiger partial charge in [0.25, 0.3) is 0 Å². The van der Waals surface area contributed by atoms with Gasteiger partial charge in [-0.2, -0.15) is 4.79 Å². The number of ether oxygens (including phenoxy) is 2. The maximum atomic E-state index is 9.42. The van der Waals surface area contributed by atoms with Crippen LogP contribution in [0.5, 0.6) is 0 Å². The van der Waals surface area contributed by atoms with Gasteiger partial charge in [-0.15, -0.1) is 0 Å². The lowest BCUT2D eigenvalue weighted by Crippen LogP contribution is -2.13.